The Morgan fingerprint density at radius 3 is 2.83 bits per heavy atom. The SMILES string of the molecule is CC1(C)CN(C(=O)c2ccc([N+](=O)[O-])s2)CCN1. The van der Waals surface area contributed by atoms with Gasteiger partial charge in [0.2, 0.25) is 0 Å². The van der Waals surface area contributed by atoms with Gasteiger partial charge in [-0.15, -0.1) is 0 Å². The second-order valence-corrected chi connectivity index (χ2v) is 5.99. The molecule has 1 N–H and O–H groups in total. The highest BCUT2D eigenvalue weighted by atomic mass is 32.1. The molecule has 0 bridgehead atoms. The minimum absolute atomic E-state index is 0.00717. The van der Waals surface area contributed by atoms with Crippen molar-refractivity contribution in [2.24, 2.45) is 0 Å². The third-order valence-electron chi connectivity index (χ3n) is 2.84. The monoisotopic (exact) mass is 269 g/mol. The molecule has 0 atom stereocenters. The number of amides is 1. The van der Waals surface area contributed by atoms with E-state index in [1.54, 1.807) is 4.90 Å². The van der Waals surface area contributed by atoms with E-state index in [1.807, 2.05) is 13.8 Å². The molecule has 0 unspecified atom stereocenters. The van der Waals surface area contributed by atoms with Gasteiger partial charge in [-0.2, -0.15) is 0 Å². The van der Waals surface area contributed by atoms with Crippen LogP contribution in [-0.2, 0) is 0 Å². The minimum atomic E-state index is -0.469. The van der Waals surface area contributed by atoms with Gasteiger partial charge >= 0.3 is 5.00 Å². The first-order valence-corrected chi connectivity index (χ1v) is 6.49. The first-order chi connectivity index (χ1) is 8.39. The second-order valence-electron chi connectivity index (χ2n) is 4.93. The van der Waals surface area contributed by atoms with Crippen molar-refractivity contribution >= 4 is 22.2 Å². The molecule has 0 aliphatic carbocycles. The van der Waals surface area contributed by atoms with Crippen molar-refractivity contribution in [2.75, 3.05) is 19.6 Å². The number of piperazine rings is 1. The fourth-order valence-corrected chi connectivity index (χ4v) is 2.80. The highest BCUT2D eigenvalue weighted by Gasteiger charge is 2.30. The van der Waals surface area contributed by atoms with Gasteiger partial charge in [-0.3, -0.25) is 14.9 Å². The van der Waals surface area contributed by atoms with E-state index < -0.39 is 4.92 Å². The van der Waals surface area contributed by atoms with Gasteiger partial charge in [0.1, 0.15) is 0 Å². The fourth-order valence-electron chi connectivity index (χ4n) is 2.01. The molecule has 2 rings (SSSR count). The summed E-state index contributed by atoms with van der Waals surface area (Å²) in [5.41, 5.74) is -0.114. The van der Waals surface area contributed by atoms with Crippen molar-refractivity contribution in [3.8, 4) is 0 Å². The molecule has 6 nitrogen and oxygen atoms in total. The number of carbonyl (C=O) groups excluding carboxylic acids is 1. The third kappa shape index (κ3) is 2.68. The molecule has 1 amide bonds. The van der Waals surface area contributed by atoms with Crippen LogP contribution in [0.1, 0.15) is 23.5 Å². The lowest BCUT2D eigenvalue weighted by Gasteiger charge is -2.38. The maximum atomic E-state index is 12.2. The predicted molar refractivity (Wildman–Crippen MR) is 69.0 cm³/mol. The maximum absolute atomic E-state index is 12.2. The lowest BCUT2D eigenvalue weighted by Crippen LogP contribution is -2.58. The Morgan fingerprint density at radius 1 is 1.56 bits per heavy atom. The zero-order chi connectivity index (χ0) is 13.3. The van der Waals surface area contributed by atoms with Crippen LogP contribution in [0.15, 0.2) is 12.1 Å². The van der Waals surface area contributed by atoms with Crippen molar-refractivity contribution in [3.05, 3.63) is 27.1 Å². The van der Waals surface area contributed by atoms with E-state index in [0.717, 1.165) is 17.9 Å². The summed E-state index contributed by atoms with van der Waals surface area (Å²) in [6.07, 6.45) is 0. The molecule has 18 heavy (non-hydrogen) atoms. The first-order valence-electron chi connectivity index (χ1n) is 5.67. The number of carbonyl (C=O) groups is 1. The van der Waals surface area contributed by atoms with Crippen molar-refractivity contribution in [1.29, 1.82) is 0 Å². The van der Waals surface area contributed by atoms with Gasteiger partial charge in [0.05, 0.1) is 9.80 Å². The Morgan fingerprint density at radius 2 is 2.28 bits per heavy atom. The smallest absolute Gasteiger partial charge is 0.324 e. The molecule has 98 valence electrons. The average Bonchev–Trinajstić information content (AvgIpc) is 2.76. The van der Waals surface area contributed by atoms with Crippen LogP contribution in [0.2, 0.25) is 0 Å². The fraction of sp³-hybridized carbons (Fsp3) is 0.545. The molecule has 0 radical (unpaired) electrons. The molecular formula is C11H15N3O3S. The van der Waals surface area contributed by atoms with E-state index in [-0.39, 0.29) is 16.4 Å². The summed E-state index contributed by atoms with van der Waals surface area (Å²) in [4.78, 5) is 24.5. The van der Waals surface area contributed by atoms with Gasteiger partial charge in [-0.05, 0) is 19.9 Å². The number of hydrogen-bond donors (Lipinski definition) is 1. The van der Waals surface area contributed by atoms with Crippen LogP contribution in [0.5, 0.6) is 0 Å². The van der Waals surface area contributed by atoms with Crippen molar-refractivity contribution < 1.29 is 9.72 Å². The van der Waals surface area contributed by atoms with E-state index in [2.05, 4.69) is 5.32 Å². The minimum Gasteiger partial charge on any atom is -0.335 e. The van der Waals surface area contributed by atoms with Gasteiger partial charge < -0.3 is 10.2 Å². The molecular weight excluding hydrogens is 254 g/mol. The van der Waals surface area contributed by atoms with Crippen LogP contribution >= 0.6 is 11.3 Å². The summed E-state index contributed by atoms with van der Waals surface area (Å²) in [6.45, 7) is 6.05. The molecule has 2 heterocycles. The molecule has 1 aromatic rings. The summed E-state index contributed by atoms with van der Waals surface area (Å²) < 4.78 is 0. The van der Waals surface area contributed by atoms with Crippen LogP contribution in [0.4, 0.5) is 5.00 Å². The van der Waals surface area contributed by atoms with Crippen molar-refractivity contribution in [1.82, 2.24) is 10.2 Å². The molecule has 1 aliphatic heterocycles. The standard InChI is InChI=1S/C11H15N3O3S/c1-11(2)7-13(6-5-12-11)10(15)8-3-4-9(18-8)14(16)17/h3-4,12H,5-7H2,1-2H3. The van der Waals surface area contributed by atoms with Crippen LogP contribution in [0, 0.1) is 10.1 Å². The maximum Gasteiger partial charge on any atom is 0.324 e. The zero-order valence-electron chi connectivity index (χ0n) is 10.3. The predicted octanol–water partition coefficient (Wildman–Crippen LogP) is 1.48. The van der Waals surface area contributed by atoms with Gasteiger partial charge in [-0.25, -0.2) is 0 Å². The molecule has 1 aliphatic rings. The van der Waals surface area contributed by atoms with Crippen LogP contribution in [0.3, 0.4) is 0 Å². The van der Waals surface area contributed by atoms with Gasteiger partial charge in [0.15, 0.2) is 0 Å². The average molecular weight is 269 g/mol. The van der Waals surface area contributed by atoms with Gasteiger partial charge in [-0.1, -0.05) is 11.3 Å². The normalized spacial score (nSPS) is 18.7. The summed E-state index contributed by atoms with van der Waals surface area (Å²) in [7, 11) is 0. The molecule has 1 saturated heterocycles. The number of rotatable bonds is 2. The van der Waals surface area contributed by atoms with Crippen LogP contribution < -0.4 is 5.32 Å². The number of nitrogens with zero attached hydrogens (tertiary/aromatic N) is 2. The topological polar surface area (TPSA) is 75.5 Å². The first kappa shape index (κ1) is 13.0. The van der Waals surface area contributed by atoms with E-state index in [4.69, 9.17) is 0 Å². The largest absolute Gasteiger partial charge is 0.335 e. The molecule has 1 fully saturated rings. The molecule has 7 heteroatoms. The third-order valence-corrected chi connectivity index (χ3v) is 3.87. The second kappa shape index (κ2) is 4.66. The number of thiophene rings is 1. The van der Waals surface area contributed by atoms with Crippen molar-refractivity contribution in [3.63, 3.8) is 0 Å². The summed E-state index contributed by atoms with van der Waals surface area (Å²) in [5.74, 6) is -0.123. The lowest BCUT2D eigenvalue weighted by molar-refractivity contribution is -0.380. The Kier molecular flexibility index (Phi) is 3.36. The Balaban J connectivity index is 2.13. The number of hydrogen-bond acceptors (Lipinski definition) is 5. The molecule has 0 aromatic carbocycles. The summed E-state index contributed by atoms with van der Waals surface area (Å²) in [5, 5.41) is 13.9. The van der Waals surface area contributed by atoms with Crippen LogP contribution in [0.25, 0.3) is 0 Å². The quantitative estimate of drug-likeness (QED) is 0.652. The molecule has 0 saturated carbocycles. The highest BCUT2D eigenvalue weighted by molar-refractivity contribution is 7.17. The Hall–Kier alpha value is -1.47. The van der Waals surface area contributed by atoms with Gasteiger partial charge in [0.25, 0.3) is 5.91 Å². The Bertz CT molecular complexity index is 484. The van der Waals surface area contributed by atoms with Crippen LogP contribution in [-0.4, -0.2) is 40.9 Å². The highest BCUT2D eigenvalue weighted by Crippen LogP contribution is 2.25. The molecule has 0 spiro atoms. The van der Waals surface area contributed by atoms with E-state index in [9.17, 15) is 14.9 Å². The Labute approximate surface area is 109 Å². The molecule has 1 aromatic heterocycles. The zero-order valence-corrected chi connectivity index (χ0v) is 11.1. The number of nitro groups is 1. The van der Waals surface area contributed by atoms with E-state index in [1.165, 1.54) is 12.1 Å². The van der Waals surface area contributed by atoms with Gasteiger partial charge in [0, 0.05) is 31.2 Å². The van der Waals surface area contributed by atoms with E-state index in [0.29, 0.717) is 18.0 Å². The lowest BCUT2D eigenvalue weighted by atomic mass is 10.0. The summed E-state index contributed by atoms with van der Waals surface area (Å²) in [6, 6.07) is 2.91. The van der Waals surface area contributed by atoms with E-state index >= 15 is 0 Å². The van der Waals surface area contributed by atoms with Crippen molar-refractivity contribution in [2.45, 2.75) is 19.4 Å². The number of nitrogens with one attached hydrogen (secondary N) is 1. The summed E-state index contributed by atoms with van der Waals surface area (Å²) >= 11 is 0.932.